The van der Waals surface area contributed by atoms with Crippen molar-refractivity contribution in [2.24, 2.45) is 0 Å². The highest BCUT2D eigenvalue weighted by Crippen LogP contribution is 2.21. The van der Waals surface area contributed by atoms with Crippen LogP contribution in [0.5, 0.6) is 0 Å². The van der Waals surface area contributed by atoms with E-state index in [0.29, 0.717) is 0 Å². The van der Waals surface area contributed by atoms with Crippen LogP contribution in [0.2, 0.25) is 0 Å². The number of hydrogen-bond acceptors (Lipinski definition) is 2. The molecule has 0 radical (unpaired) electrons. The van der Waals surface area contributed by atoms with Crippen molar-refractivity contribution in [2.75, 3.05) is 13.3 Å². The van der Waals surface area contributed by atoms with Crippen LogP contribution in [0.15, 0.2) is 23.1 Å². The van der Waals surface area contributed by atoms with Crippen molar-refractivity contribution in [1.29, 1.82) is 0 Å². The molecule has 0 fully saturated rings. The number of rotatable bonds is 3. The zero-order valence-electron chi connectivity index (χ0n) is 7.23. The van der Waals surface area contributed by atoms with E-state index in [0.717, 1.165) is 17.0 Å². The highest BCUT2D eigenvalue weighted by atomic mass is 32.2. The van der Waals surface area contributed by atoms with E-state index in [2.05, 4.69) is 5.32 Å². The van der Waals surface area contributed by atoms with Crippen LogP contribution in [-0.4, -0.2) is 13.3 Å². The molecule has 1 rings (SSSR count). The average Bonchev–Trinajstić information content (AvgIpc) is 2.08. The zero-order chi connectivity index (χ0) is 8.97. The van der Waals surface area contributed by atoms with E-state index in [9.17, 15) is 4.39 Å². The van der Waals surface area contributed by atoms with Crippen LogP contribution in [0.4, 0.5) is 4.39 Å². The summed E-state index contributed by atoms with van der Waals surface area (Å²) in [5.41, 5.74) is 1.14. The summed E-state index contributed by atoms with van der Waals surface area (Å²) >= 11 is 1.57. The van der Waals surface area contributed by atoms with Crippen LogP contribution >= 0.6 is 11.8 Å². The van der Waals surface area contributed by atoms with E-state index in [1.807, 2.05) is 19.4 Å². The Morgan fingerprint density at radius 2 is 2.25 bits per heavy atom. The Labute approximate surface area is 76.4 Å². The molecule has 0 atom stereocenters. The van der Waals surface area contributed by atoms with Crippen LogP contribution in [0, 0.1) is 5.82 Å². The van der Waals surface area contributed by atoms with Crippen molar-refractivity contribution >= 4 is 11.8 Å². The third-order valence-electron chi connectivity index (χ3n) is 1.62. The summed E-state index contributed by atoms with van der Waals surface area (Å²) in [7, 11) is 1.88. The minimum Gasteiger partial charge on any atom is -0.316 e. The molecular weight excluding hydrogens is 173 g/mol. The number of benzene rings is 1. The minimum atomic E-state index is -0.167. The van der Waals surface area contributed by atoms with Crippen molar-refractivity contribution in [1.82, 2.24) is 5.32 Å². The van der Waals surface area contributed by atoms with Gasteiger partial charge in [0.1, 0.15) is 5.82 Å². The second kappa shape index (κ2) is 4.48. The summed E-state index contributed by atoms with van der Waals surface area (Å²) in [5, 5.41) is 3.04. The van der Waals surface area contributed by atoms with E-state index in [4.69, 9.17) is 0 Å². The molecule has 0 aliphatic rings. The monoisotopic (exact) mass is 185 g/mol. The van der Waals surface area contributed by atoms with Gasteiger partial charge in [0.15, 0.2) is 0 Å². The zero-order valence-corrected chi connectivity index (χ0v) is 8.04. The molecule has 0 aliphatic heterocycles. The predicted molar refractivity (Wildman–Crippen MR) is 50.9 cm³/mol. The van der Waals surface area contributed by atoms with Crippen molar-refractivity contribution < 1.29 is 4.39 Å². The summed E-state index contributed by atoms with van der Waals surface area (Å²) in [6.45, 7) is 0.788. The summed E-state index contributed by atoms with van der Waals surface area (Å²) in [5.74, 6) is -0.167. The normalized spacial score (nSPS) is 10.2. The van der Waals surface area contributed by atoms with Gasteiger partial charge in [-0.15, -0.1) is 11.8 Å². The van der Waals surface area contributed by atoms with Crippen LogP contribution in [0.3, 0.4) is 0 Å². The lowest BCUT2D eigenvalue weighted by atomic mass is 10.2. The fourth-order valence-electron chi connectivity index (χ4n) is 1.05. The largest absolute Gasteiger partial charge is 0.316 e. The minimum absolute atomic E-state index is 0.167. The van der Waals surface area contributed by atoms with Crippen molar-refractivity contribution in [3.8, 4) is 0 Å². The summed E-state index contributed by atoms with van der Waals surface area (Å²) in [6, 6.07) is 4.88. The molecular formula is C9H12FNS. The van der Waals surface area contributed by atoms with E-state index in [1.54, 1.807) is 17.8 Å². The molecule has 1 nitrogen and oxygen atoms in total. The molecule has 0 bridgehead atoms. The van der Waals surface area contributed by atoms with Gasteiger partial charge in [-0.2, -0.15) is 0 Å². The lowest BCUT2D eigenvalue weighted by molar-refractivity contribution is 0.621. The van der Waals surface area contributed by atoms with Crippen LogP contribution in [0.25, 0.3) is 0 Å². The number of halogens is 1. The van der Waals surface area contributed by atoms with Crippen LogP contribution < -0.4 is 5.32 Å². The summed E-state index contributed by atoms with van der Waals surface area (Å²) in [6.07, 6.45) is 1.95. The Hall–Kier alpha value is -0.540. The van der Waals surface area contributed by atoms with Gasteiger partial charge in [0, 0.05) is 11.4 Å². The first-order valence-electron chi connectivity index (χ1n) is 3.75. The molecule has 0 saturated heterocycles. The maximum Gasteiger partial charge on any atom is 0.124 e. The molecule has 12 heavy (non-hydrogen) atoms. The Bertz CT molecular complexity index is 263. The van der Waals surface area contributed by atoms with Gasteiger partial charge in [0.25, 0.3) is 0 Å². The molecule has 0 heterocycles. The third-order valence-corrected chi connectivity index (χ3v) is 2.44. The van der Waals surface area contributed by atoms with Crippen LogP contribution in [-0.2, 0) is 6.54 Å². The van der Waals surface area contributed by atoms with Gasteiger partial charge in [-0.1, -0.05) is 6.07 Å². The maximum atomic E-state index is 12.7. The smallest absolute Gasteiger partial charge is 0.124 e. The van der Waals surface area contributed by atoms with Gasteiger partial charge in [0.05, 0.1) is 0 Å². The first-order chi connectivity index (χ1) is 5.77. The van der Waals surface area contributed by atoms with Crippen molar-refractivity contribution in [2.45, 2.75) is 11.4 Å². The lowest BCUT2D eigenvalue weighted by Crippen LogP contribution is -2.06. The quantitative estimate of drug-likeness (QED) is 0.725. The van der Waals surface area contributed by atoms with Gasteiger partial charge < -0.3 is 5.32 Å². The Balaban J connectivity index is 2.94. The lowest BCUT2D eigenvalue weighted by Gasteiger charge is -2.05. The van der Waals surface area contributed by atoms with Gasteiger partial charge in [-0.05, 0) is 31.0 Å². The fourth-order valence-corrected chi connectivity index (χ4v) is 1.69. The number of hydrogen-bond donors (Lipinski definition) is 1. The van der Waals surface area contributed by atoms with Gasteiger partial charge in [0.2, 0.25) is 0 Å². The van der Waals surface area contributed by atoms with Crippen molar-refractivity contribution in [3.05, 3.63) is 29.6 Å². The van der Waals surface area contributed by atoms with E-state index in [1.165, 1.54) is 6.07 Å². The molecule has 1 aromatic carbocycles. The number of thioether (sulfide) groups is 1. The first-order valence-corrected chi connectivity index (χ1v) is 4.97. The second-order valence-corrected chi connectivity index (χ2v) is 3.33. The van der Waals surface area contributed by atoms with E-state index < -0.39 is 0 Å². The first kappa shape index (κ1) is 9.55. The maximum absolute atomic E-state index is 12.7. The number of nitrogens with one attached hydrogen (secondary N) is 1. The molecule has 0 spiro atoms. The average molecular weight is 185 g/mol. The Morgan fingerprint density at radius 3 is 2.83 bits per heavy atom. The SMILES string of the molecule is CNCc1ccc(F)cc1SC. The highest BCUT2D eigenvalue weighted by Gasteiger charge is 2.01. The topological polar surface area (TPSA) is 12.0 Å². The van der Waals surface area contributed by atoms with Crippen LogP contribution in [0.1, 0.15) is 5.56 Å². The fraction of sp³-hybridized carbons (Fsp3) is 0.333. The summed E-state index contributed by atoms with van der Waals surface area (Å²) < 4.78 is 12.7. The summed E-state index contributed by atoms with van der Waals surface area (Å²) in [4.78, 5) is 1.00. The Kier molecular flexibility index (Phi) is 3.56. The molecule has 0 aliphatic carbocycles. The van der Waals surface area contributed by atoms with E-state index in [-0.39, 0.29) is 5.82 Å². The second-order valence-electron chi connectivity index (χ2n) is 2.49. The Morgan fingerprint density at radius 1 is 1.50 bits per heavy atom. The molecule has 3 heteroatoms. The molecule has 0 amide bonds. The van der Waals surface area contributed by atoms with Crippen molar-refractivity contribution in [3.63, 3.8) is 0 Å². The molecule has 0 saturated carbocycles. The highest BCUT2D eigenvalue weighted by molar-refractivity contribution is 7.98. The van der Waals surface area contributed by atoms with Gasteiger partial charge in [-0.25, -0.2) is 4.39 Å². The molecule has 66 valence electrons. The third kappa shape index (κ3) is 2.22. The van der Waals surface area contributed by atoms with Gasteiger partial charge >= 0.3 is 0 Å². The predicted octanol–water partition coefficient (Wildman–Crippen LogP) is 2.27. The molecule has 1 N–H and O–H groups in total. The van der Waals surface area contributed by atoms with E-state index >= 15 is 0 Å². The van der Waals surface area contributed by atoms with Gasteiger partial charge in [-0.3, -0.25) is 0 Å². The molecule has 1 aromatic rings. The standard InChI is InChI=1S/C9H12FNS/c1-11-6-7-3-4-8(10)5-9(7)12-2/h3-5,11H,6H2,1-2H3. The molecule has 0 aromatic heterocycles. The molecule has 0 unspecified atom stereocenters.